The van der Waals surface area contributed by atoms with Gasteiger partial charge in [-0.15, -0.1) is 0 Å². The number of amides is 1. The van der Waals surface area contributed by atoms with E-state index in [0.29, 0.717) is 28.0 Å². The average molecular weight is 411 g/mol. The van der Waals surface area contributed by atoms with E-state index in [1.54, 1.807) is 12.1 Å². The van der Waals surface area contributed by atoms with E-state index in [-0.39, 0.29) is 17.8 Å². The molecule has 0 radical (unpaired) electrons. The van der Waals surface area contributed by atoms with Crippen LogP contribution in [0.2, 0.25) is 10.0 Å². The molecule has 0 aliphatic carbocycles. The number of likely N-dealkylation sites (tertiary alicyclic amines) is 1. The minimum Gasteiger partial charge on any atom is -0.477 e. The lowest BCUT2D eigenvalue weighted by Gasteiger charge is -2.25. The molecule has 0 saturated carbocycles. The molecular weight excluding hydrogens is 391 g/mol. The lowest BCUT2D eigenvalue weighted by molar-refractivity contribution is -0.118. The Bertz CT molecular complexity index is 863. The van der Waals surface area contributed by atoms with Gasteiger partial charge in [0.2, 0.25) is 11.2 Å². The molecule has 1 aromatic heterocycles. The van der Waals surface area contributed by atoms with Crippen LogP contribution in [-0.4, -0.2) is 30.5 Å². The molecular formula is C19H20Cl2N2O4. The summed E-state index contributed by atoms with van der Waals surface area (Å²) in [6.07, 6.45) is 4.83. The molecule has 1 amide bonds. The quantitative estimate of drug-likeness (QED) is 0.780. The molecule has 0 unspecified atom stereocenters. The van der Waals surface area contributed by atoms with Gasteiger partial charge in [-0.05, 0) is 44.1 Å². The van der Waals surface area contributed by atoms with E-state index in [4.69, 9.17) is 32.4 Å². The number of anilines is 1. The van der Waals surface area contributed by atoms with Gasteiger partial charge >= 0.3 is 0 Å². The third kappa shape index (κ3) is 5.73. The lowest BCUT2D eigenvalue weighted by atomic mass is 10.1. The monoisotopic (exact) mass is 410 g/mol. The van der Waals surface area contributed by atoms with E-state index in [1.165, 1.54) is 24.8 Å². The molecule has 27 heavy (non-hydrogen) atoms. The fraction of sp³-hybridized carbons (Fsp3) is 0.368. The van der Waals surface area contributed by atoms with Crippen LogP contribution in [0.1, 0.15) is 25.0 Å². The van der Waals surface area contributed by atoms with E-state index < -0.39 is 5.91 Å². The van der Waals surface area contributed by atoms with Gasteiger partial charge in [0.15, 0.2) is 6.61 Å². The van der Waals surface area contributed by atoms with Crippen molar-refractivity contribution in [1.29, 1.82) is 0 Å². The molecule has 1 saturated heterocycles. The van der Waals surface area contributed by atoms with Gasteiger partial charge < -0.3 is 14.5 Å². The topological polar surface area (TPSA) is 71.8 Å². The van der Waals surface area contributed by atoms with Gasteiger partial charge in [0.05, 0.1) is 17.3 Å². The van der Waals surface area contributed by atoms with Crippen LogP contribution < -0.4 is 15.5 Å². The first-order valence-corrected chi connectivity index (χ1v) is 9.48. The first kappa shape index (κ1) is 19.7. The number of piperidine rings is 1. The van der Waals surface area contributed by atoms with E-state index in [2.05, 4.69) is 10.2 Å². The average Bonchev–Trinajstić information content (AvgIpc) is 2.64. The highest BCUT2D eigenvalue weighted by molar-refractivity contribution is 6.36. The van der Waals surface area contributed by atoms with Crippen LogP contribution >= 0.6 is 23.2 Å². The van der Waals surface area contributed by atoms with E-state index >= 15 is 0 Å². The van der Waals surface area contributed by atoms with Gasteiger partial charge in [0.1, 0.15) is 12.0 Å². The number of hydrogen-bond donors (Lipinski definition) is 1. The Morgan fingerprint density at radius 2 is 1.96 bits per heavy atom. The Balaban J connectivity index is 1.54. The normalized spacial score (nSPS) is 14.7. The Morgan fingerprint density at radius 3 is 2.67 bits per heavy atom. The molecule has 2 heterocycles. The van der Waals surface area contributed by atoms with Crippen LogP contribution in [0, 0.1) is 0 Å². The molecule has 3 rings (SSSR count). The zero-order chi connectivity index (χ0) is 19.2. The fourth-order valence-corrected chi connectivity index (χ4v) is 3.34. The number of benzene rings is 1. The molecule has 1 aliphatic rings. The number of halogens is 2. The van der Waals surface area contributed by atoms with Crippen molar-refractivity contribution in [3.05, 3.63) is 56.6 Å². The van der Waals surface area contributed by atoms with Crippen molar-refractivity contribution in [3.63, 3.8) is 0 Å². The summed E-state index contributed by atoms with van der Waals surface area (Å²) in [5.41, 5.74) is 0.101. The smallest absolute Gasteiger partial charge is 0.262 e. The van der Waals surface area contributed by atoms with Crippen molar-refractivity contribution in [2.75, 3.05) is 25.0 Å². The summed E-state index contributed by atoms with van der Waals surface area (Å²) in [5.74, 6) is 0.136. The summed E-state index contributed by atoms with van der Waals surface area (Å²) in [6.45, 7) is 2.28. The van der Waals surface area contributed by atoms with Crippen molar-refractivity contribution in [2.24, 2.45) is 0 Å². The summed E-state index contributed by atoms with van der Waals surface area (Å²) < 4.78 is 10.8. The first-order valence-electron chi connectivity index (χ1n) is 8.73. The number of carbonyl (C=O) groups excluding carboxylic acids is 1. The zero-order valence-electron chi connectivity index (χ0n) is 14.7. The summed E-state index contributed by atoms with van der Waals surface area (Å²) in [5, 5.41) is 3.38. The van der Waals surface area contributed by atoms with Crippen molar-refractivity contribution < 1.29 is 13.9 Å². The van der Waals surface area contributed by atoms with E-state index in [0.717, 1.165) is 25.9 Å². The predicted octanol–water partition coefficient (Wildman–Crippen LogP) is 3.95. The van der Waals surface area contributed by atoms with Crippen LogP contribution in [-0.2, 0) is 11.3 Å². The maximum Gasteiger partial charge on any atom is 0.262 e. The molecule has 1 aliphatic heterocycles. The Morgan fingerprint density at radius 1 is 1.19 bits per heavy atom. The number of carbonyl (C=O) groups is 1. The third-order valence-electron chi connectivity index (χ3n) is 4.24. The Hall–Kier alpha value is -2.02. The SMILES string of the molecule is O=C(COc1coc(CN2CCCCC2)cc1=O)Nc1ccc(Cl)cc1Cl. The summed E-state index contributed by atoms with van der Waals surface area (Å²) in [7, 11) is 0. The molecule has 1 aromatic carbocycles. The highest BCUT2D eigenvalue weighted by Gasteiger charge is 2.14. The van der Waals surface area contributed by atoms with Crippen molar-refractivity contribution >= 4 is 34.8 Å². The van der Waals surface area contributed by atoms with Crippen molar-refractivity contribution in [1.82, 2.24) is 4.90 Å². The van der Waals surface area contributed by atoms with Crippen LogP contribution in [0.15, 0.2) is 39.7 Å². The third-order valence-corrected chi connectivity index (χ3v) is 4.79. The molecule has 0 atom stereocenters. The van der Waals surface area contributed by atoms with Gasteiger partial charge in [-0.25, -0.2) is 0 Å². The number of hydrogen-bond acceptors (Lipinski definition) is 5. The Labute approximate surface area is 167 Å². The van der Waals surface area contributed by atoms with Crippen LogP contribution in [0.25, 0.3) is 0 Å². The van der Waals surface area contributed by atoms with Crippen LogP contribution in [0.4, 0.5) is 5.69 Å². The molecule has 2 aromatic rings. The van der Waals surface area contributed by atoms with Gasteiger partial charge in [0.25, 0.3) is 5.91 Å². The molecule has 0 bridgehead atoms. The molecule has 144 valence electrons. The Kier molecular flexibility index (Phi) is 6.77. The molecule has 8 heteroatoms. The standard InChI is InChI=1S/C19H20Cl2N2O4/c20-13-4-5-16(15(21)8-13)22-19(25)12-27-18-11-26-14(9-17(18)24)10-23-6-2-1-3-7-23/h4-5,8-9,11H,1-3,6-7,10,12H2,(H,22,25). The second kappa shape index (κ2) is 9.26. The van der Waals surface area contributed by atoms with Crippen molar-refractivity contribution in [3.8, 4) is 5.75 Å². The summed E-state index contributed by atoms with van der Waals surface area (Å²) >= 11 is 11.8. The molecule has 1 fully saturated rings. The second-order valence-electron chi connectivity index (χ2n) is 6.37. The summed E-state index contributed by atoms with van der Waals surface area (Å²) in [6, 6.07) is 6.14. The van der Waals surface area contributed by atoms with E-state index in [1.807, 2.05) is 0 Å². The number of nitrogens with one attached hydrogen (secondary N) is 1. The molecule has 1 N–H and O–H groups in total. The minimum atomic E-state index is -0.448. The highest BCUT2D eigenvalue weighted by Crippen LogP contribution is 2.25. The number of nitrogens with zero attached hydrogens (tertiary/aromatic N) is 1. The maximum absolute atomic E-state index is 12.2. The highest BCUT2D eigenvalue weighted by atomic mass is 35.5. The first-order chi connectivity index (χ1) is 13.0. The van der Waals surface area contributed by atoms with Gasteiger partial charge in [0, 0.05) is 11.1 Å². The molecule has 6 nitrogen and oxygen atoms in total. The van der Waals surface area contributed by atoms with Gasteiger partial charge in [-0.3, -0.25) is 14.5 Å². The maximum atomic E-state index is 12.2. The van der Waals surface area contributed by atoms with Gasteiger partial charge in [-0.1, -0.05) is 29.6 Å². The zero-order valence-corrected chi connectivity index (χ0v) is 16.2. The number of ether oxygens (including phenoxy) is 1. The second-order valence-corrected chi connectivity index (χ2v) is 7.22. The minimum absolute atomic E-state index is 0.00486. The largest absolute Gasteiger partial charge is 0.477 e. The molecule has 0 spiro atoms. The number of rotatable bonds is 6. The van der Waals surface area contributed by atoms with Gasteiger partial charge in [-0.2, -0.15) is 0 Å². The van der Waals surface area contributed by atoms with Crippen LogP contribution in [0.5, 0.6) is 5.75 Å². The summed E-state index contributed by atoms with van der Waals surface area (Å²) in [4.78, 5) is 26.4. The van der Waals surface area contributed by atoms with Crippen LogP contribution in [0.3, 0.4) is 0 Å². The van der Waals surface area contributed by atoms with E-state index in [9.17, 15) is 9.59 Å². The fourth-order valence-electron chi connectivity index (χ4n) is 2.89. The predicted molar refractivity (Wildman–Crippen MR) is 105 cm³/mol. The lowest BCUT2D eigenvalue weighted by Crippen LogP contribution is -2.29. The van der Waals surface area contributed by atoms with Crippen molar-refractivity contribution in [2.45, 2.75) is 25.8 Å².